The van der Waals surface area contributed by atoms with E-state index in [1.165, 1.54) is 17.0 Å². The first-order valence-electron chi connectivity index (χ1n) is 3.56. The van der Waals surface area contributed by atoms with Gasteiger partial charge in [0.25, 0.3) is 0 Å². The van der Waals surface area contributed by atoms with Crippen molar-refractivity contribution in [2.75, 3.05) is 0 Å². The summed E-state index contributed by atoms with van der Waals surface area (Å²) in [6.07, 6.45) is 0. The van der Waals surface area contributed by atoms with Gasteiger partial charge in [0.15, 0.2) is 0 Å². The predicted molar refractivity (Wildman–Crippen MR) is 38.6 cm³/mol. The standard InChI is InChI=1S/C7H11N3/c1-4-6-3-8-5(2)7(6)10-9-4/h5,8H,3H2,1-2H3,(H,9,10)/t5-/m1/s1. The minimum Gasteiger partial charge on any atom is -0.305 e. The summed E-state index contributed by atoms with van der Waals surface area (Å²) in [5.41, 5.74) is 3.75. The van der Waals surface area contributed by atoms with Gasteiger partial charge >= 0.3 is 0 Å². The second kappa shape index (κ2) is 1.83. The fourth-order valence-electron chi connectivity index (χ4n) is 1.40. The van der Waals surface area contributed by atoms with Crippen LogP contribution >= 0.6 is 0 Å². The first-order chi connectivity index (χ1) is 4.79. The molecule has 3 nitrogen and oxygen atoms in total. The summed E-state index contributed by atoms with van der Waals surface area (Å²) in [6, 6.07) is 0.431. The number of rotatable bonds is 0. The maximum Gasteiger partial charge on any atom is 0.0836 e. The fraction of sp³-hybridized carbons (Fsp3) is 0.571. The second-order valence-electron chi connectivity index (χ2n) is 2.81. The van der Waals surface area contributed by atoms with E-state index in [1.807, 2.05) is 0 Å². The summed E-state index contributed by atoms with van der Waals surface area (Å²) < 4.78 is 0. The number of nitrogens with one attached hydrogen (secondary N) is 2. The first kappa shape index (κ1) is 5.92. The molecule has 0 spiro atoms. The van der Waals surface area contributed by atoms with Crippen LogP contribution in [0.3, 0.4) is 0 Å². The highest BCUT2D eigenvalue weighted by Crippen LogP contribution is 2.23. The van der Waals surface area contributed by atoms with Crippen molar-refractivity contribution in [2.24, 2.45) is 0 Å². The number of H-pyrrole nitrogens is 1. The van der Waals surface area contributed by atoms with Crippen LogP contribution in [0.1, 0.15) is 29.9 Å². The SMILES string of the molecule is Cc1[nH]nc2c1CN[C@@H]2C. The molecule has 0 aliphatic carbocycles. The second-order valence-corrected chi connectivity index (χ2v) is 2.81. The van der Waals surface area contributed by atoms with E-state index >= 15 is 0 Å². The van der Waals surface area contributed by atoms with Crippen LogP contribution in [-0.2, 0) is 6.54 Å². The van der Waals surface area contributed by atoms with Crippen LogP contribution in [0, 0.1) is 6.92 Å². The highest BCUT2D eigenvalue weighted by atomic mass is 15.2. The Morgan fingerprint density at radius 3 is 3.10 bits per heavy atom. The van der Waals surface area contributed by atoms with Crippen molar-refractivity contribution < 1.29 is 0 Å². The summed E-state index contributed by atoms with van der Waals surface area (Å²) in [6.45, 7) is 5.16. The third kappa shape index (κ3) is 0.609. The van der Waals surface area contributed by atoms with E-state index in [0.29, 0.717) is 6.04 Å². The topological polar surface area (TPSA) is 40.7 Å². The molecule has 10 heavy (non-hydrogen) atoms. The van der Waals surface area contributed by atoms with E-state index < -0.39 is 0 Å². The number of hydrogen-bond donors (Lipinski definition) is 2. The van der Waals surface area contributed by atoms with Crippen molar-refractivity contribution in [3.05, 3.63) is 17.0 Å². The lowest BCUT2D eigenvalue weighted by Gasteiger charge is -1.97. The van der Waals surface area contributed by atoms with Crippen molar-refractivity contribution in [1.29, 1.82) is 0 Å². The summed E-state index contributed by atoms with van der Waals surface area (Å²) >= 11 is 0. The van der Waals surface area contributed by atoms with Gasteiger partial charge in [-0.15, -0.1) is 0 Å². The molecule has 3 heteroatoms. The number of aromatic amines is 1. The molecule has 54 valence electrons. The highest BCUT2D eigenvalue weighted by Gasteiger charge is 2.21. The van der Waals surface area contributed by atoms with E-state index in [0.717, 1.165) is 6.54 Å². The molecule has 1 aromatic heterocycles. The molecule has 0 radical (unpaired) electrons. The van der Waals surface area contributed by atoms with E-state index in [4.69, 9.17) is 0 Å². The Hall–Kier alpha value is -0.830. The van der Waals surface area contributed by atoms with Crippen LogP contribution in [0.5, 0.6) is 0 Å². The van der Waals surface area contributed by atoms with Gasteiger partial charge in [0.1, 0.15) is 0 Å². The number of nitrogens with zero attached hydrogens (tertiary/aromatic N) is 1. The molecule has 0 unspecified atom stereocenters. The van der Waals surface area contributed by atoms with Crippen molar-refractivity contribution >= 4 is 0 Å². The molecular weight excluding hydrogens is 126 g/mol. The van der Waals surface area contributed by atoms with Crippen molar-refractivity contribution in [1.82, 2.24) is 15.5 Å². The Kier molecular flexibility index (Phi) is 1.08. The zero-order valence-electron chi connectivity index (χ0n) is 6.23. The molecule has 1 aliphatic heterocycles. The van der Waals surface area contributed by atoms with Crippen molar-refractivity contribution in [3.8, 4) is 0 Å². The number of fused-ring (bicyclic) bond motifs is 1. The maximum atomic E-state index is 4.19. The van der Waals surface area contributed by atoms with Crippen LogP contribution in [0.4, 0.5) is 0 Å². The molecular formula is C7H11N3. The van der Waals surface area contributed by atoms with E-state index in [9.17, 15) is 0 Å². The van der Waals surface area contributed by atoms with Crippen LogP contribution in [-0.4, -0.2) is 10.2 Å². The monoisotopic (exact) mass is 137 g/mol. The summed E-state index contributed by atoms with van der Waals surface area (Å²) in [4.78, 5) is 0. The molecule has 1 aromatic rings. The molecule has 2 rings (SSSR count). The molecule has 0 fully saturated rings. The lowest BCUT2D eigenvalue weighted by molar-refractivity contribution is 0.612. The van der Waals surface area contributed by atoms with Gasteiger partial charge in [-0.25, -0.2) is 0 Å². The zero-order chi connectivity index (χ0) is 7.14. The first-order valence-corrected chi connectivity index (χ1v) is 3.56. The molecule has 1 aliphatic rings. The molecule has 0 amide bonds. The van der Waals surface area contributed by atoms with Gasteiger partial charge in [-0.2, -0.15) is 5.10 Å². The summed E-state index contributed by atoms with van der Waals surface area (Å²) in [5.74, 6) is 0. The van der Waals surface area contributed by atoms with E-state index in [2.05, 4.69) is 29.4 Å². The van der Waals surface area contributed by atoms with Gasteiger partial charge in [0.2, 0.25) is 0 Å². The fourth-order valence-corrected chi connectivity index (χ4v) is 1.40. The van der Waals surface area contributed by atoms with Crippen LogP contribution in [0.25, 0.3) is 0 Å². The van der Waals surface area contributed by atoms with Crippen LogP contribution in [0.2, 0.25) is 0 Å². The minimum atomic E-state index is 0.431. The highest BCUT2D eigenvalue weighted by molar-refractivity contribution is 5.30. The third-order valence-electron chi connectivity index (χ3n) is 2.10. The molecule has 0 saturated carbocycles. The van der Waals surface area contributed by atoms with Gasteiger partial charge < -0.3 is 5.32 Å². The maximum absolute atomic E-state index is 4.19. The molecule has 1 atom stereocenters. The van der Waals surface area contributed by atoms with Crippen LogP contribution < -0.4 is 5.32 Å². The average Bonchev–Trinajstić information content (AvgIpc) is 2.41. The van der Waals surface area contributed by atoms with E-state index in [1.54, 1.807) is 0 Å². The summed E-state index contributed by atoms with van der Waals surface area (Å²) in [5, 5.41) is 10.5. The average molecular weight is 137 g/mol. The Balaban J connectivity index is 2.53. The largest absolute Gasteiger partial charge is 0.305 e. The van der Waals surface area contributed by atoms with Crippen LogP contribution in [0.15, 0.2) is 0 Å². The van der Waals surface area contributed by atoms with Crippen molar-refractivity contribution in [2.45, 2.75) is 26.4 Å². The molecule has 0 bridgehead atoms. The van der Waals surface area contributed by atoms with Gasteiger partial charge in [-0.05, 0) is 13.8 Å². The quantitative estimate of drug-likeness (QED) is 0.557. The lowest BCUT2D eigenvalue weighted by Crippen LogP contribution is -2.08. The predicted octanol–water partition coefficient (Wildman–Crippen LogP) is 0.882. The van der Waals surface area contributed by atoms with Crippen molar-refractivity contribution in [3.63, 3.8) is 0 Å². The normalized spacial score (nSPS) is 23.2. The van der Waals surface area contributed by atoms with Gasteiger partial charge in [0, 0.05) is 23.8 Å². The number of hydrogen-bond acceptors (Lipinski definition) is 2. The molecule has 2 N–H and O–H groups in total. The van der Waals surface area contributed by atoms with Gasteiger partial charge in [-0.3, -0.25) is 5.10 Å². The number of aryl methyl sites for hydroxylation is 1. The Bertz CT molecular complexity index is 251. The smallest absolute Gasteiger partial charge is 0.0836 e. The molecule has 0 aromatic carbocycles. The third-order valence-corrected chi connectivity index (χ3v) is 2.10. The zero-order valence-corrected chi connectivity index (χ0v) is 6.23. The molecule has 0 saturated heterocycles. The van der Waals surface area contributed by atoms with E-state index in [-0.39, 0.29) is 0 Å². The Morgan fingerprint density at radius 2 is 2.40 bits per heavy atom. The number of aromatic nitrogens is 2. The minimum absolute atomic E-state index is 0.431. The summed E-state index contributed by atoms with van der Waals surface area (Å²) in [7, 11) is 0. The molecule has 2 heterocycles. The lowest BCUT2D eigenvalue weighted by atomic mass is 10.2. The van der Waals surface area contributed by atoms with Gasteiger partial charge in [0.05, 0.1) is 5.69 Å². The van der Waals surface area contributed by atoms with Gasteiger partial charge in [-0.1, -0.05) is 0 Å². The Morgan fingerprint density at radius 1 is 1.60 bits per heavy atom. The Labute approximate surface area is 59.8 Å².